The van der Waals surface area contributed by atoms with E-state index in [4.69, 9.17) is 9.79 Å². The van der Waals surface area contributed by atoms with Gasteiger partial charge in [0.15, 0.2) is 0 Å². The standard InChI is InChI=1S/C5H9O3P/c1-3-5(4-2)9(6,7)8/h3-4H,1H2,2H3,(H2,6,7,8)/b5-4-. The monoisotopic (exact) mass is 148 g/mol. The molecule has 0 aliphatic rings. The highest BCUT2D eigenvalue weighted by Crippen LogP contribution is 2.44. The van der Waals surface area contributed by atoms with E-state index >= 15 is 0 Å². The van der Waals surface area contributed by atoms with Gasteiger partial charge in [0.25, 0.3) is 0 Å². The minimum Gasteiger partial charge on any atom is -0.321 e. The molecule has 0 fully saturated rings. The first-order valence-corrected chi connectivity index (χ1v) is 3.98. The molecule has 0 atom stereocenters. The van der Waals surface area contributed by atoms with Gasteiger partial charge in [0, 0.05) is 0 Å². The third-order valence-corrected chi connectivity index (χ3v) is 1.95. The van der Waals surface area contributed by atoms with Crippen LogP contribution in [0.25, 0.3) is 0 Å². The van der Waals surface area contributed by atoms with E-state index in [2.05, 4.69) is 6.58 Å². The molecule has 52 valence electrons. The first-order valence-electron chi connectivity index (χ1n) is 2.37. The Morgan fingerprint density at radius 1 is 1.67 bits per heavy atom. The fraction of sp³-hybridized carbons (Fsp3) is 0.200. The van der Waals surface area contributed by atoms with Gasteiger partial charge in [-0.05, 0) is 6.92 Å². The average molecular weight is 148 g/mol. The average Bonchev–Trinajstić information content (AvgIpc) is 1.65. The number of allylic oxidation sites excluding steroid dienone is 3. The van der Waals surface area contributed by atoms with Gasteiger partial charge in [-0.2, -0.15) is 0 Å². The normalized spacial score (nSPS) is 13.4. The Kier molecular flexibility index (Phi) is 2.85. The van der Waals surface area contributed by atoms with Crippen LogP contribution in [0.2, 0.25) is 0 Å². The first-order chi connectivity index (χ1) is 4.02. The number of rotatable bonds is 2. The maximum Gasteiger partial charge on any atom is 0.355 e. The van der Waals surface area contributed by atoms with E-state index in [1.54, 1.807) is 6.92 Å². The molecule has 0 saturated carbocycles. The lowest BCUT2D eigenvalue weighted by atomic mass is 10.5. The smallest absolute Gasteiger partial charge is 0.321 e. The van der Waals surface area contributed by atoms with Crippen LogP contribution in [0.15, 0.2) is 24.0 Å². The molecule has 0 aliphatic heterocycles. The zero-order chi connectivity index (χ0) is 7.49. The Bertz CT molecular complexity index is 177. The van der Waals surface area contributed by atoms with Crippen LogP contribution in [0, 0.1) is 0 Å². The lowest BCUT2D eigenvalue weighted by Crippen LogP contribution is -1.78. The molecule has 0 saturated heterocycles. The highest BCUT2D eigenvalue weighted by atomic mass is 31.2. The van der Waals surface area contributed by atoms with Crippen LogP contribution in [-0.2, 0) is 4.57 Å². The largest absolute Gasteiger partial charge is 0.355 e. The molecule has 4 heteroatoms. The Morgan fingerprint density at radius 3 is 2.11 bits per heavy atom. The predicted molar refractivity (Wildman–Crippen MR) is 36.0 cm³/mol. The molecule has 0 bridgehead atoms. The lowest BCUT2D eigenvalue weighted by molar-refractivity contribution is 0.383. The maximum atomic E-state index is 10.3. The summed E-state index contributed by atoms with van der Waals surface area (Å²) in [7, 11) is -4.03. The molecular weight excluding hydrogens is 139 g/mol. The summed E-state index contributed by atoms with van der Waals surface area (Å²) in [6.07, 6.45) is 2.49. The van der Waals surface area contributed by atoms with Gasteiger partial charge in [-0.25, -0.2) is 0 Å². The van der Waals surface area contributed by atoms with Crippen LogP contribution in [-0.4, -0.2) is 9.79 Å². The van der Waals surface area contributed by atoms with Gasteiger partial charge in [-0.1, -0.05) is 18.7 Å². The Morgan fingerprint density at radius 2 is 2.11 bits per heavy atom. The van der Waals surface area contributed by atoms with E-state index in [9.17, 15) is 4.57 Å². The van der Waals surface area contributed by atoms with Gasteiger partial charge in [0.1, 0.15) is 0 Å². The second-order valence-electron chi connectivity index (χ2n) is 1.46. The van der Waals surface area contributed by atoms with Crippen LogP contribution >= 0.6 is 7.60 Å². The molecule has 2 N–H and O–H groups in total. The summed E-state index contributed by atoms with van der Waals surface area (Å²) < 4.78 is 10.3. The fourth-order valence-corrected chi connectivity index (χ4v) is 0.979. The van der Waals surface area contributed by atoms with Crippen molar-refractivity contribution in [2.24, 2.45) is 0 Å². The van der Waals surface area contributed by atoms with Gasteiger partial charge in [-0.15, -0.1) is 0 Å². The van der Waals surface area contributed by atoms with Crippen LogP contribution in [0.3, 0.4) is 0 Å². The van der Waals surface area contributed by atoms with Gasteiger partial charge < -0.3 is 9.79 Å². The molecule has 0 unspecified atom stereocenters. The van der Waals surface area contributed by atoms with Crippen molar-refractivity contribution in [1.82, 2.24) is 0 Å². The minimum absolute atomic E-state index is 0.0255. The van der Waals surface area contributed by atoms with Gasteiger partial charge >= 0.3 is 7.60 Å². The minimum atomic E-state index is -4.03. The van der Waals surface area contributed by atoms with E-state index in [-0.39, 0.29) is 5.31 Å². The van der Waals surface area contributed by atoms with Crippen molar-refractivity contribution in [3.05, 3.63) is 24.0 Å². The molecule has 0 aromatic rings. The van der Waals surface area contributed by atoms with Crippen molar-refractivity contribution in [2.45, 2.75) is 6.92 Å². The van der Waals surface area contributed by atoms with Crippen molar-refractivity contribution in [3.63, 3.8) is 0 Å². The van der Waals surface area contributed by atoms with Crippen molar-refractivity contribution in [2.75, 3.05) is 0 Å². The van der Waals surface area contributed by atoms with E-state index in [0.717, 1.165) is 6.08 Å². The van der Waals surface area contributed by atoms with Gasteiger partial charge in [-0.3, -0.25) is 4.57 Å². The van der Waals surface area contributed by atoms with Crippen molar-refractivity contribution < 1.29 is 14.4 Å². The second kappa shape index (κ2) is 2.97. The van der Waals surface area contributed by atoms with Crippen molar-refractivity contribution in [3.8, 4) is 0 Å². The van der Waals surface area contributed by atoms with E-state index in [1.807, 2.05) is 0 Å². The lowest BCUT2D eigenvalue weighted by Gasteiger charge is -2.01. The molecule has 0 aromatic heterocycles. The summed E-state index contributed by atoms with van der Waals surface area (Å²) in [5.41, 5.74) is 0. The summed E-state index contributed by atoms with van der Waals surface area (Å²) in [5, 5.41) is -0.0255. The molecule has 3 nitrogen and oxygen atoms in total. The summed E-state index contributed by atoms with van der Waals surface area (Å²) in [6.45, 7) is 4.79. The quantitative estimate of drug-likeness (QED) is 0.457. The Balaban J connectivity index is 4.54. The predicted octanol–water partition coefficient (Wildman–Crippen LogP) is 1.25. The molecule has 0 aliphatic carbocycles. The van der Waals surface area contributed by atoms with E-state index in [0.29, 0.717) is 0 Å². The highest BCUT2D eigenvalue weighted by molar-refractivity contribution is 7.56. The van der Waals surface area contributed by atoms with Gasteiger partial charge in [0.05, 0.1) is 5.31 Å². The van der Waals surface area contributed by atoms with Crippen LogP contribution in [0.4, 0.5) is 0 Å². The number of hydrogen-bond donors (Lipinski definition) is 2. The summed E-state index contributed by atoms with van der Waals surface area (Å²) in [6, 6.07) is 0. The zero-order valence-electron chi connectivity index (χ0n) is 5.11. The third-order valence-electron chi connectivity index (χ3n) is 0.841. The van der Waals surface area contributed by atoms with Crippen molar-refractivity contribution >= 4 is 7.60 Å². The topological polar surface area (TPSA) is 57.5 Å². The highest BCUT2D eigenvalue weighted by Gasteiger charge is 2.15. The second-order valence-corrected chi connectivity index (χ2v) is 3.07. The fourth-order valence-electron chi connectivity index (χ4n) is 0.405. The van der Waals surface area contributed by atoms with Crippen LogP contribution in [0.5, 0.6) is 0 Å². The molecular formula is C5H9O3P. The summed E-state index contributed by atoms with van der Waals surface area (Å²) >= 11 is 0. The molecule has 0 spiro atoms. The summed E-state index contributed by atoms with van der Waals surface area (Å²) in [4.78, 5) is 16.9. The molecule has 0 heterocycles. The van der Waals surface area contributed by atoms with Crippen LogP contribution in [0.1, 0.15) is 6.92 Å². The van der Waals surface area contributed by atoms with Crippen LogP contribution < -0.4 is 0 Å². The molecule has 0 rings (SSSR count). The Hall–Kier alpha value is -0.370. The molecule has 9 heavy (non-hydrogen) atoms. The Labute approximate surface area is 53.9 Å². The van der Waals surface area contributed by atoms with Gasteiger partial charge in [0.2, 0.25) is 0 Å². The maximum absolute atomic E-state index is 10.3. The molecule has 0 radical (unpaired) electrons. The summed E-state index contributed by atoms with van der Waals surface area (Å²) in [5.74, 6) is 0. The SMILES string of the molecule is C=C/C(=C/C)P(=O)(O)O. The molecule has 0 amide bonds. The van der Waals surface area contributed by atoms with Crippen molar-refractivity contribution in [1.29, 1.82) is 0 Å². The number of hydrogen-bond acceptors (Lipinski definition) is 1. The first kappa shape index (κ1) is 8.63. The molecule has 0 aromatic carbocycles. The third kappa shape index (κ3) is 2.61. The van der Waals surface area contributed by atoms with E-state index < -0.39 is 7.60 Å². The zero-order valence-corrected chi connectivity index (χ0v) is 6.01. The van der Waals surface area contributed by atoms with E-state index in [1.165, 1.54) is 6.08 Å².